The minimum absolute atomic E-state index is 0.668. The van der Waals surface area contributed by atoms with Crippen molar-refractivity contribution in [1.82, 2.24) is 0 Å². The van der Waals surface area contributed by atoms with Crippen LogP contribution in [0.15, 0.2) is 18.2 Å². The van der Waals surface area contributed by atoms with Crippen LogP contribution in [0.5, 0.6) is 0 Å². The molecule has 104 valence electrons. The van der Waals surface area contributed by atoms with Crippen LogP contribution in [0.2, 0.25) is 0 Å². The van der Waals surface area contributed by atoms with Crippen LogP contribution in [-0.2, 0) is 6.42 Å². The van der Waals surface area contributed by atoms with Crippen molar-refractivity contribution in [2.75, 3.05) is 5.73 Å². The summed E-state index contributed by atoms with van der Waals surface area (Å²) in [4.78, 5) is 0. The van der Waals surface area contributed by atoms with E-state index in [1.54, 1.807) is 5.57 Å². The van der Waals surface area contributed by atoms with E-state index in [0.29, 0.717) is 11.8 Å². The van der Waals surface area contributed by atoms with Gasteiger partial charge in [-0.05, 0) is 78.8 Å². The van der Waals surface area contributed by atoms with Crippen LogP contribution < -0.4 is 5.73 Å². The van der Waals surface area contributed by atoms with Crippen LogP contribution in [0.4, 0.5) is 5.69 Å². The summed E-state index contributed by atoms with van der Waals surface area (Å²) in [7, 11) is 0. The molecule has 2 N–H and O–H groups in total. The lowest BCUT2D eigenvalue weighted by atomic mass is 9.82. The molecular formula is C18H27N. The number of allylic oxidation sites excluding steroid dienone is 2. The molecule has 1 heteroatoms. The van der Waals surface area contributed by atoms with Gasteiger partial charge in [-0.3, -0.25) is 0 Å². The van der Waals surface area contributed by atoms with Crippen LogP contribution in [-0.4, -0.2) is 0 Å². The van der Waals surface area contributed by atoms with Crippen molar-refractivity contribution in [3.63, 3.8) is 0 Å². The van der Waals surface area contributed by atoms with Crippen molar-refractivity contribution < 1.29 is 0 Å². The molecule has 1 aliphatic carbocycles. The molecule has 1 nitrogen and oxygen atoms in total. The van der Waals surface area contributed by atoms with Gasteiger partial charge in [0.1, 0.15) is 0 Å². The smallest absolute Gasteiger partial charge is 0.0319 e. The maximum absolute atomic E-state index is 6.04. The van der Waals surface area contributed by atoms with Gasteiger partial charge >= 0.3 is 0 Å². The molecule has 19 heavy (non-hydrogen) atoms. The summed E-state index contributed by atoms with van der Waals surface area (Å²) >= 11 is 0. The summed E-state index contributed by atoms with van der Waals surface area (Å²) < 4.78 is 0. The Labute approximate surface area is 117 Å². The summed E-state index contributed by atoms with van der Waals surface area (Å²) in [5.41, 5.74) is 12.8. The van der Waals surface area contributed by atoms with E-state index < -0.39 is 0 Å². The molecule has 0 spiro atoms. The molecule has 0 saturated carbocycles. The summed E-state index contributed by atoms with van der Waals surface area (Å²) in [6.07, 6.45) is 7.47. The van der Waals surface area contributed by atoms with E-state index in [9.17, 15) is 0 Å². The molecule has 1 aromatic carbocycles. The Balaban J connectivity index is 2.48. The van der Waals surface area contributed by atoms with Gasteiger partial charge in [-0.1, -0.05) is 26.8 Å². The molecule has 0 fully saturated rings. The third-order valence-electron chi connectivity index (χ3n) is 3.98. The molecule has 2 rings (SSSR count). The molecule has 1 aromatic rings. The Bertz CT molecular complexity index is 483. The largest absolute Gasteiger partial charge is 0.399 e. The van der Waals surface area contributed by atoms with Crippen LogP contribution in [0, 0.1) is 18.8 Å². The van der Waals surface area contributed by atoms with Crippen LogP contribution in [0.25, 0.3) is 5.57 Å². The first kappa shape index (κ1) is 14.2. The first-order valence-corrected chi connectivity index (χ1v) is 7.57. The second kappa shape index (κ2) is 5.81. The summed E-state index contributed by atoms with van der Waals surface area (Å²) in [6, 6.07) is 4.31. The number of hydrogen-bond donors (Lipinski definition) is 1. The molecular weight excluding hydrogens is 230 g/mol. The molecule has 0 aliphatic heterocycles. The lowest BCUT2D eigenvalue weighted by Crippen LogP contribution is -2.07. The molecule has 0 radical (unpaired) electrons. The third kappa shape index (κ3) is 3.40. The van der Waals surface area contributed by atoms with E-state index in [1.165, 1.54) is 36.0 Å². The number of nitrogens with two attached hydrogens (primary N) is 1. The molecule has 0 bridgehead atoms. The number of aryl methyl sites for hydroxylation is 1. The van der Waals surface area contributed by atoms with Crippen molar-refractivity contribution in [3.8, 4) is 0 Å². The maximum Gasteiger partial charge on any atom is 0.0319 e. The molecule has 1 atom stereocenters. The standard InChI is InChI=1S/C18H27N/c1-12(2)8-16-11-17(19)10-14(4)18(16)15-7-5-6-13(3)9-15/h9-13H,5-8,19H2,1-4H3. The topological polar surface area (TPSA) is 26.0 Å². The maximum atomic E-state index is 6.04. The average Bonchev–Trinajstić information content (AvgIpc) is 2.26. The fourth-order valence-electron chi connectivity index (χ4n) is 3.28. The zero-order valence-corrected chi connectivity index (χ0v) is 12.8. The minimum Gasteiger partial charge on any atom is -0.399 e. The fraction of sp³-hybridized carbons (Fsp3) is 0.556. The number of rotatable bonds is 3. The predicted octanol–water partition coefficient (Wildman–Crippen LogP) is 4.98. The van der Waals surface area contributed by atoms with E-state index in [1.807, 2.05) is 0 Å². The Morgan fingerprint density at radius 2 is 2.05 bits per heavy atom. The number of hydrogen-bond acceptors (Lipinski definition) is 1. The molecule has 1 aliphatic rings. The van der Waals surface area contributed by atoms with Crippen molar-refractivity contribution in [1.29, 1.82) is 0 Å². The van der Waals surface area contributed by atoms with E-state index in [0.717, 1.165) is 12.1 Å². The number of nitrogen functional groups attached to an aromatic ring is 1. The van der Waals surface area contributed by atoms with Gasteiger partial charge in [0.2, 0.25) is 0 Å². The van der Waals surface area contributed by atoms with E-state index in [4.69, 9.17) is 5.73 Å². The minimum atomic E-state index is 0.668. The molecule has 0 saturated heterocycles. The predicted molar refractivity (Wildman–Crippen MR) is 85.1 cm³/mol. The highest BCUT2D eigenvalue weighted by atomic mass is 14.5. The number of anilines is 1. The fourth-order valence-corrected chi connectivity index (χ4v) is 3.28. The van der Waals surface area contributed by atoms with Gasteiger partial charge in [-0.25, -0.2) is 0 Å². The highest BCUT2D eigenvalue weighted by Crippen LogP contribution is 2.35. The molecule has 0 heterocycles. The first-order chi connectivity index (χ1) is 8.97. The highest BCUT2D eigenvalue weighted by molar-refractivity contribution is 5.73. The summed E-state index contributed by atoms with van der Waals surface area (Å²) in [5, 5.41) is 0. The molecule has 0 amide bonds. The first-order valence-electron chi connectivity index (χ1n) is 7.57. The Hall–Kier alpha value is -1.24. The lowest BCUT2D eigenvalue weighted by molar-refractivity contribution is 0.591. The van der Waals surface area contributed by atoms with Gasteiger partial charge in [0.15, 0.2) is 0 Å². The second-order valence-electron chi connectivity index (χ2n) is 6.53. The summed E-state index contributed by atoms with van der Waals surface area (Å²) in [6.45, 7) is 9.09. The quantitative estimate of drug-likeness (QED) is 0.759. The lowest BCUT2D eigenvalue weighted by Gasteiger charge is -2.23. The van der Waals surface area contributed by atoms with E-state index in [-0.39, 0.29) is 0 Å². The number of benzene rings is 1. The van der Waals surface area contributed by atoms with Crippen LogP contribution in [0.1, 0.15) is 56.7 Å². The van der Waals surface area contributed by atoms with Gasteiger partial charge in [-0.2, -0.15) is 0 Å². The zero-order valence-electron chi connectivity index (χ0n) is 12.8. The van der Waals surface area contributed by atoms with Gasteiger partial charge in [0, 0.05) is 5.69 Å². The molecule has 0 aromatic heterocycles. The Morgan fingerprint density at radius 1 is 1.32 bits per heavy atom. The SMILES string of the molecule is Cc1cc(N)cc(CC(C)C)c1C1=CC(C)CCC1. The Morgan fingerprint density at radius 3 is 2.68 bits per heavy atom. The van der Waals surface area contributed by atoms with Gasteiger partial charge in [-0.15, -0.1) is 0 Å². The van der Waals surface area contributed by atoms with Crippen molar-refractivity contribution >= 4 is 11.3 Å². The van der Waals surface area contributed by atoms with E-state index >= 15 is 0 Å². The van der Waals surface area contributed by atoms with Crippen LogP contribution in [0.3, 0.4) is 0 Å². The Kier molecular flexibility index (Phi) is 4.34. The zero-order chi connectivity index (χ0) is 14.0. The van der Waals surface area contributed by atoms with Crippen molar-refractivity contribution in [2.45, 2.75) is 53.4 Å². The normalized spacial score (nSPS) is 19.6. The highest BCUT2D eigenvalue weighted by Gasteiger charge is 2.17. The average molecular weight is 257 g/mol. The van der Waals surface area contributed by atoms with Gasteiger partial charge < -0.3 is 5.73 Å². The van der Waals surface area contributed by atoms with Crippen molar-refractivity contribution in [3.05, 3.63) is 34.9 Å². The summed E-state index contributed by atoms with van der Waals surface area (Å²) in [5.74, 6) is 1.38. The van der Waals surface area contributed by atoms with Gasteiger partial charge in [0.25, 0.3) is 0 Å². The third-order valence-corrected chi connectivity index (χ3v) is 3.98. The monoisotopic (exact) mass is 257 g/mol. The van der Waals surface area contributed by atoms with E-state index in [2.05, 4.69) is 45.9 Å². The van der Waals surface area contributed by atoms with Crippen LogP contribution >= 0.6 is 0 Å². The van der Waals surface area contributed by atoms with Crippen molar-refractivity contribution in [2.24, 2.45) is 11.8 Å². The molecule has 1 unspecified atom stereocenters. The van der Waals surface area contributed by atoms with Gasteiger partial charge in [0.05, 0.1) is 0 Å². The second-order valence-corrected chi connectivity index (χ2v) is 6.53.